The van der Waals surface area contributed by atoms with Gasteiger partial charge in [-0.25, -0.2) is 0 Å². The predicted octanol–water partition coefficient (Wildman–Crippen LogP) is 2.96. The molecule has 0 atom stereocenters. The fourth-order valence-electron chi connectivity index (χ4n) is 1.69. The van der Waals surface area contributed by atoms with E-state index in [1.54, 1.807) is 6.07 Å². The van der Waals surface area contributed by atoms with Gasteiger partial charge in [-0.15, -0.1) is 11.3 Å². The Kier molecular flexibility index (Phi) is 4.57. The normalized spacial score (nSPS) is 9.75. The third kappa shape index (κ3) is 3.47. The largest absolute Gasteiger partial charge is 0.384 e. The number of hydrogen-bond donors (Lipinski definition) is 2. The first-order chi connectivity index (χ1) is 9.60. The second-order valence-corrected chi connectivity index (χ2v) is 5.60. The first kappa shape index (κ1) is 14.3. The van der Waals surface area contributed by atoms with Crippen molar-refractivity contribution in [1.82, 2.24) is 0 Å². The van der Waals surface area contributed by atoms with Crippen molar-refractivity contribution >= 4 is 22.9 Å². The Morgan fingerprint density at radius 1 is 1.35 bits per heavy atom. The molecule has 0 saturated heterocycles. The van der Waals surface area contributed by atoms with E-state index in [1.165, 1.54) is 11.3 Å². The maximum Gasteiger partial charge on any atom is 0.265 e. The molecular weight excluding hydrogens is 270 g/mol. The van der Waals surface area contributed by atoms with E-state index in [1.807, 2.05) is 38.1 Å². The topological polar surface area (TPSA) is 49.3 Å². The SMILES string of the molecule is Cc1cc(C(=O)Nc2cccc(C#CCO)c2)sc1C. The van der Waals surface area contributed by atoms with Gasteiger partial charge in [0.05, 0.1) is 4.88 Å². The minimum atomic E-state index is -0.176. The Hall–Kier alpha value is -2.09. The number of aliphatic hydroxyl groups is 1. The van der Waals surface area contributed by atoms with Crippen LogP contribution in [0.4, 0.5) is 5.69 Å². The number of anilines is 1. The molecule has 102 valence electrons. The van der Waals surface area contributed by atoms with Crippen LogP contribution in [0.25, 0.3) is 0 Å². The van der Waals surface area contributed by atoms with Crippen molar-refractivity contribution in [2.24, 2.45) is 0 Å². The molecule has 0 bridgehead atoms. The lowest BCUT2D eigenvalue weighted by Gasteiger charge is -2.03. The highest BCUT2D eigenvalue weighted by atomic mass is 32.1. The minimum absolute atomic E-state index is 0.113. The summed E-state index contributed by atoms with van der Waals surface area (Å²) in [5.74, 6) is 5.28. The molecule has 1 amide bonds. The summed E-state index contributed by atoms with van der Waals surface area (Å²) in [6, 6.07) is 9.15. The average Bonchev–Trinajstić information content (AvgIpc) is 2.77. The van der Waals surface area contributed by atoms with Crippen LogP contribution in [0.15, 0.2) is 30.3 Å². The van der Waals surface area contributed by atoms with Crippen LogP contribution in [-0.2, 0) is 0 Å². The van der Waals surface area contributed by atoms with Gasteiger partial charge in [0, 0.05) is 16.1 Å². The van der Waals surface area contributed by atoms with Crippen molar-refractivity contribution in [3.63, 3.8) is 0 Å². The standard InChI is InChI=1S/C16H15NO2S/c1-11-9-15(20-12(11)2)16(19)17-14-7-3-5-13(10-14)6-4-8-18/h3,5,7,9-10,18H,8H2,1-2H3,(H,17,19). The van der Waals surface area contributed by atoms with Gasteiger partial charge in [0.15, 0.2) is 0 Å². The highest BCUT2D eigenvalue weighted by Gasteiger charge is 2.10. The number of rotatable bonds is 2. The van der Waals surface area contributed by atoms with Gasteiger partial charge in [-0.2, -0.15) is 0 Å². The van der Waals surface area contributed by atoms with E-state index >= 15 is 0 Å². The van der Waals surface area contributed by atoms with Crippen LogP contribution >= 0.6 is 11.3 Å². The van der Waals surface area contributed by atoms with E-state index in [0.29, 0.717) is 10.6 Å². The molecule has 4 heteroatoms. The number of aryl methyl sites for hydroxylation is 2. The molecule has 1 heterocycles. The fourth-order valence-corrected chi connectivity index (χ4v) is 2.62. The first-order valence-electron chi connectivity index (χ1n) is 6.18. The van der Waals surface area contributed by atoms with E-state index in [-0.39, 0.29) is 12.5 Å². The Bertz CT molecular complexity index is 672. The molecule has 2 aromatic rings. The number of hydrogen-bond acceptors (Lipinski definition) is 3. The minimum Gasteiger partial charge on any atom is -0.384 e. The molecule has 2 N–H and O–H groups in total. The lowest BCUT2D eigenvalue weighted by Crippen LogP contribution is -2.10. The second-order valence-electron chi connectivity index (χ2n) is 4.34. The molecule has 1 aromatic heterocycles. The van der Waals surface area contributed by atoms with Gasteiger partial charge >= 0.3 is 0 Å². The van der Waals surface area contributed by atoms with E-state index in [2.05, 4.69) is 17.2 Å². The molecule has 2 rings (SSSR count). The molecule has 0 aliphatic carbocycles. The molecule has 0 aliphatic rings. The van der Waals surface area contributed by atoms with Gasteiger partial charge in [0.25, 0.3) is 5.91 Å². The number of aliphatic hydroxyl groups excluding tert-OH is 1. The number of benzene rings is 1. The Balaban J connectivity index is 2.15. The highest BCUT2D eigenvalue weighted by Crippen LogP contribution is 2.22. The third-order valence-corrected chi connectivity index (χ3v) is 3.97. The van der Waals surface area contributed by atoms with Crippen LogP contribution in [-0.4, -0.2) is 17.6 Å². The van der Waals surface area contributed by atoms with Crippen molar-refractivity contribution in [3.05, 3.63) is 51.2 Å². The van der Waals surface area contributed by atoms with Crippen molar-refractivity contribution < 1.29 is 9.90 Å². The number of carbonyl (C=O) groups is 1. The van der Waals surface area contributed by atoms with Crippen molar-refractivity contribution in [2.45, 2.75) is 13.8 Å². The zero-order valence-electron chi connectivity index (χ0n) is 11.4. The smallest absolute Gasteiger partial charge is 0.265 e. The molecule has 1 aromatic carbocycles. The van der Waals surface area contributed by atoms with Crippen LogP contribution < -0.4 is 5.32 Å². The monoisotopic (exact) mass is 285 g/mol. The Morgan fingerprint density at radius 2 is 2.15 bits per heavy atom. The zero-order valence-corrected chi connectivity index (χ0v) is 12.2. The molecule has 0 fully saturated rings. The summed E-state index contributed by atoms with van der Waals surface area (Å²) >= 11 is 1.49. The molecule has 20 heavy (non-hydrogen) atoms. The van der Waals surface area contributed by atoms with Gasteiger partial charge in [0.2, 0.25) is 0 Å². The predicted molar refractivity (Wildman–Crippen MR) is 82.2 cm³/mol. The van der Waals surface area contributed by atoms with Gasteiger partial charge < -0.3 is 10.4 Å². The lowest BCUT2D eigenvalue weighted by atomic mass is 10.2. The van der Waals surface area contributed by atoms with E-state index in [9.17, 15) is 4.79 Å². The Labute approximate surface area is 122 Å². The van der Waals surface area contributed by atoms with Crippen molar-refractivity contribution in [3.8, 4) is 11.8 Å². The van der Waals surface area contributed by atoms with E-state index in [0.717, 1.165) is 16.0 Å². The van der Waals surface area contributed by atoms with Crippen LogP contribution in [0, 0.1) is 25.7 Å². The van der Waals surface area contributed by atoms with Gasteiger partial charge in [0.1, 0.15) is 6.61 Å². The summed E-state index contributed by atoms with van der Waals surface area (Å²) in [5.41, 5.74) is 2.58. The van der Waals surface area contributed by atoms with Gasteiger partial charge in [-0.05, 0) is 43.7 Å². The molecule has 0 unspecified atom stereocenters. The summed E-state index contributed by atoms with van der Waals surface area (Å²) in [4.78, 5) is 14.0. The third-order valence-electron chi connectivity index (χ3n) is 2.82. The van der Waals surface area contributed by atoms with Crippen LogP contribution in [0.3, 0.4) is 0 Å². The quantitative estimate of drug-likeness (QED) is 0.833. The molecule has 0 saturated carbocycles. The molecule has 0 radical (unpaired) electrons. The van der Waals surface area contributed by atoms with E-state index < -0.39 is 0 Å². The second kappa shape index (κ2) is 6.38. The van der Waals surface area contributed by atoms with Gasteiger partial charge in [-0.3, -0.25) is 4.79 Å². The Morgan fingerprint density at radius 3 is 2.80 bits per heavy atom. The number of amides is 1. The van der Waals surface area contributed by atoms with Crippen LogP contribution in [0.2, 0.25) is 0 Å². The van der Waals surface area contributed by atoms with Gasteiger partial charge in [-0.1, -0.05) is 17.9 Å². The van der Waals surface area contributed by atoms with Crippen LogP contribution in [0.5, 0.6) is 0 Å². The zero-order chi connectivity index (χ0) is 14.5. The van der Waals surface area contributed by atoms with Crippen molar-refractivity contribution in [2.75, 3.05) is 11.9 Å². The highest BCUT2D eigenvalue weighted by molar-refractivity contribution is 7.14. The molecule has 0 spiro atoms. The fraction of sp³-hybridized carbons (Fsp3) is 0.188. The summed E-state index contributed by atoms with van der Waals surface area (Å²) in [5, 5.41) is 11.5. The molecule has 3 nitrogen and oxygen atoms in total. The van der Waals surface area contributed by atoms with E-state index in [4.69, 9.17) is 5.11 Å². The molecule has 0 aliphatic heterocycles. The lowest BCUT2D eigenvalue weighted by molar-refractivity contribution is 0.103. The maximum absolute atomic E-state index is 12.1. The maximum atomic E-state index is 12.1. The summed E-state index contributed by atoms with van der Waals surface area (Å²) in [7, 11) is 0. The molecular formula is C16H15NO2S. The summed E-state index contributed by atoms with van der Waals surface area (Å²) < 4.78 is 0. The number of carbonyl (C=O) groups excluding carboxylic acids is 1. The summed E-state index contributed by atoms with van der Waals surface area (Å²) in [6.45, 7) is 3.82. The summed E-state index contributed by atoms with van der Waals surface area (Å²) in [6.07, 6.45) is 0. The van der Waals surface area contributed by atoms with Crippen molar-refractivity contribution in [1.29, 1.82) is 0 Å². The van der Waals surface area contributed by atoms with Crippen LogP contribution in [0.1, 0.15) is 25.7 Å². The first-order valence-corrected chi connectivity index (χ1v) is 7.00. The number of thiophene rings is 1. The number of nitrogens with one attached hydrogen (secondary N) is 1. The average molecular weight is 285 g/mol.